The largest absolute Gasteiger partial charge is 0.444 e. The van der Waals surface area contributed by atoms with Crippen LogP contribution in [0.1, 0.15) is 47.0 Å². The number of hydrogen-bond acceptors (Lipinski definition) is 4. The number of nitrogens with two attached hydrogens (primary N) is 1. The van der Waals surface area contributed by atoms with Crippen LogP contribution in [0.3, 0.4) is 0 Å². The second-order valence-electron chi connectivity index (χ2n) is 7.02. The van der Waals surface area contributed by atoms with Crippen molar-refractivity contribution in [3.8, 4) is 0 Å². The van der Waals surface area contributed by atoms with Gasteiger partial charge in [-0.25, -0.2) is 9.59 Å². The Morgan fingerprint density at radius 3 is 2.35 bits per heavy atom. The molecule has 0 saturated carbocycles. The van der Waals surface area contributed by atoms with E-state index in [1.807, 2.05) is 27.7 Å². The molecule has 0 aromatic heterocycles. The first-order valence-electron chi connectivity index (χ1n) is 8.48. The number of amides is 3. The third-order valence-electron chi connectivity index (χ3n) is 3.77. The summed E-state index contributed by atoms with van der Waals surface area (Å²) in [6.07, 6.45) is 2.42. The van der Waals surface area contributed by atoms with Crippen LogP contribution in [0.25, 0.3) is 0 Å². The van der Waals surface area contributed by atoms with Gasteiger partial charge in [-0.05, 0) is 40.0 Å². The molecule has 0 radical (unpaired) electrons. The summed E-state index contributed by atoms with van der Waals surface area (Å²) in [7, 11) is 0. The topological polar surface area (TPSA) is 87.9 Å². The Balaban J connectivity index is 2.33. The van der Waals surface area contributed by atoms with Crippen molar-refractivity contribution in [2.75, 3.05) is 32.7 Å². The van der Waals surface area contributed by atoms with Crippen LogP contribution in [-0.4, -0.2) is 66.3 Å². The maximum atomic E-state index is 12.2. The summed E-state index contributed by atoms with van der Waals surface area (Å²) in [4.78, 5) is 26.7. The van der Waals surface area contributed by atoms with Gasteiger partial charge in [0.1, 0.15) is 5.60 Å². The highest BCUT2D eigenvalue weighted by Gasteiger charge is 2.23. The molecule has 0 aliphatic carbocycles. The van der Waals surface area contributed by atoms with Gasteiger partial charge < -0.3 is 25.6 Å². The molecule has 7 heteroatoms. The van der Waals surface area contributed by atoms with E-state index in [0.29, 0.717) is 32.2 Å². The zero-order chi connectivity index (χ0) is 17.5. The number of carbonyl (C=O) groups is 2. The van der Waals surface area contributed by atoms with Gasteiger partial charge in [0.05, 0.1) is 0 Å². The van der Waals surface area contributed by atoms with E-state index in [2.05, 4.69) is 5.32 Å². The van der Waals surface area contributed by atoms with Crippen LogP contribution in [0.5, 0.6) is 0 Å². The van der Waals surface area contributed by atoms with Gasteiger partial charge in [-0.1, -0.05) is 6.92 Å². The van der Waals surface area contributed by atoms with Gasteiger partial charge in [0.15, 0.2) is 0 Å². The first kappa shape index (κ1) is 19.5. The molecule has 1 aliphatic heterocycles. The number of hydrogen-bond donors (Lipinski definition) is 2. The minimum absolute atomic E-state index is 0.260. The molecule has 0 spiro atoms. The van der Waals surface area contributed by atoms with Crippen molar-refractivity contribution in [3.05, 3.63) is 0 Å². The first-order valence-corrected chi connectivity index (χ1v) is 8.48. The molecular weight excluding hydrogens is 296 g/mol. The lowest BCUT2D eigenvalue weighted by atomic mass is 10.1. The van der Waals surface area contributed by atoms with Gasteiger partial charge >= 0.3 is 12.1 Å². The second kappa shape index (κ2) is 8.96. The molecule has 1 heterocycles. The van der Waals surface area contributed by atoms with E-state index >= 15 is 0 Å². The molecule has 1 aliphatic rings. The summed E-state index contributed by atoms with van der Waals surface area (Å²) in [5.41, 5.74) is 4.80. The number of rotatable bonds is 6. The monoisotopic (exact) mass is 328 g/mol. The maximum Gasteiger partial charge on any atom is 0.410 e. The standard InChI is InChI=1S/C16H32N4O3/c1-5-9-20(15(22)23-16(2,3)4)12-8-18-13-6-10-19(11-7-13)14(17)21/h13,18H,5-12H2,1-4H3,(H2,17,21). The van der Waals surface area contributed by atoms with E-state index in [4.69, 9.17) is 10.5 Å². The highest BCUT2D eigenvalue weighted by Crippen LogP contribution is 2.11. The molecular formula is C16H32N4O3. The van der Waals surface area contributed by atoms with E-state index in [0.717, 1.165) is 25.8 Å². The summed E-state index contributed by atoms with van der Waals surface area (Å²) < 4.78 is 5.44. The number of urea groups is 1. The maximum absolute atomic E-state index is 12.2. The minimum Gasteiger partial charge on any atom is -0.444 e. The van der Waals surface area contributed by atoms with Gasteiger partial charge in [-0.15, -0.1) is 0 Å². The lowest BCUT2D eigenvalue weighted by Gasteiger charge is -2.32. The van der Waals surface area contributed by atoms with E-state index in [-0.39, 0.29) is 12.1 Å². The van der Waals surface area contributed by atoms with Crippen LogP contribution >= 0.6 is 0 Å². The van der Waals surface area contributed by atoms with Gasteiger partial charge in [-0.2, -0.15) is 0 Å². The fourth-order valence-electron chi connectivity index (χ4n) is 2.60. The Bertz CT molecular complexity index is 387. The van der Waals surface area contributed by atoms with E-state index in [1.54, 1.807) is 9.80 Å². The summed E-state index contributed by atoms with van der Waals surface area (Å²) in [6.45, 7) is 11.1. The number of likely N-dealkylation sites (tertiary alicyclic amines) is 1. The zero-order valence-electron chi connectivity index (χ0n) is 14.9. The average Bonchev–Trinajstić information content (AvgIpc) is 2.45. The Morgan fingerprint density at radius 2 is 1.87 bits per heavy atom. The summed E-state index contributed by atoms with van der Waals surface area (Å²) >= 11 is 0. The Hall–Kier alpha value is -1.50. The minimum atomic E-state index is -0.474. The van der Waals surface area contributed by atoms with Crippen molar-refractivity contribution in [2.24, 2.45) is 5.73 Å². The van der Waals surface area contributed by atoms with E-state index < -0.39 is 5.60 Å². The van der Waals surface area contributed by atoms with Gasteiger partial charge in [0.2, 0.25) is 0 Å². The average molecular weight is 328 g/mol. The molecule has 0 bridgehead atoms. The molecule has 3 N–H and O–H groups in total. The predicted octanol–water partition coefficient (Wildman–Crippen LogP) is 1.77. The third-order valence-corrected chi connectivity index (χ3v) is 3.77. The van der Waals surface area contributed by atoms with Crippen LogP contribution in [0.2, 0.25) is 0 Å². The van der Waals surface area contributed by atoms with Gasteiger partial charge in [0.25, 0.3) is 0 Å². The number of nitrogens with one attached hydrogen (secondary N) is 1. The molecule has 0 aromatic carbocycles. The number of primary amides is 1. The molecule has 7 nitrogen and oxygen atoms in total. The normalized spacial score (nSPS) is 16.3. The third kappa shape index (κ3) is 7.54. The SMILES string of the molecule is CCCN(CCNC1CCN(C(N)=O)CC1)C(=O)OC(C)(C)C. The molecule has 0 aromatic rings. The van der Waals surface area contributed by atoms with Crippen LogP contribution in [-0.2, 0) is 4.74 Å². The van der Waals surface area contributed by atoms with Crippen LogP contribution < -0.4 is 11.1 Å². The summed E-state index contributed by atoms with van der Waals surface area (Å²) in [5.74, 6) is 0. The van der Waals surface area contributed by atoms with Crippen molar-refractivity contribution < 1.29 is 14.3 Å². The van der Waals surface area contributed by atoms with Gasteiger partial charge in [-0.3, -0.25) is 0 Å². The lowest BCUT2D eigenvalue weighted by molar-refractivity contribution is 0.0249. The fraction of sp³-hybridized carbons (Fsp3) is 0.875. The fourth-order valence-corrected chi connectivity index (χ4v) is 2.60. The van der Waals surface area contributed by atoms with Crippen molar-refractivity contribution >= 4 is 12.1 Å². The molecule has 3 amide bonds. The molecule has 23 heavy (non-hydrogen) atoms. The number of ether oxygens (including phenoxy) is 1. The molecule has 1 fully saturated rings. The van der Waals surface area contributed by atoms with Crippen LogP contribution in [0.15, 0.2) is 0 Å². The second-order valence-corrected chi connectivity index (χ2v) is 7.02. The molecule has 0 atom stereocenters. The van der Waals surface area contributed by atoms with E-state index in [9.17, 15) is 9.59 Å². The zero-order valence-corrected chi connectivity index (χ0v) is 14.9. The smallest absolute Gasteiger partial charge is 0.410 e. The van der Waals surface area contributed by atoms with Gasteiger partial charge in [0, 0.05) is 38.8 Å². The number of piperidine rings is 1. The first-order chi connectivity index (χ1) is 10.7. The highest BCUT2D eigenvalue weighted by molar-refractivity contribution is 5.72. The molecule has 1 saturated heterocycles. The van der Waals surface area contributed by atoms with Crippen molar-refractivity contribution in [1.29, 1.82) is 0 Å². The number of carbonyl (C=O) groups excluding carboxylic acids is 2. The predicted molar refractivity (Wildman–Crippen MR) is 90.3 cm³/mol. The van der Waals surface area contributed by atoms with E-state index in [1.165, 1.54) is 0 Å². The Labute approximate surface area is 139 Å². The molecule has 0 unspecified atom stereocenters. The Kier molecular flexibility index (Phi) is 7.61. The Morgan fingerprint density at radius 1 is 1.26 bits per heavy atom. The van der Waals surface area contributed by atoms with Crippen molar-refractivity contribution in [1.82, 2.24) is 15.1 Å². The lowest BCUT2D eigenvalue weighted by Crippen LogP contribution is -2.48. The van der Waals surface area contributed by atoms with Crippen molar-refractivity contribution in [3.63, 3.8) is 0 Å². The molecule has 134 valence electrons. The number of nitrogens with zero attached hydrogens (tertiary/aromatic N) is 2. The quantitative estimate of drug-likeness (QED) is 0.778. The van der Waals surface area contributed by atoms with Crippen LogP contribution in [0, 0.1) is 0 Å². The van der Waals surface area contributed by atoms with Crippen LogP contribution in [0.4, 0.5) is 9.59 Å². The summed E-state index contributed by atoms with van der Waals surface area (Å²) in [5, 5.41) is 3.46. The summed E-state index contributed by atoms with van der Waals surface area (Å²) in [6, 6.07) is 0.0233. The van der Waals surface area contributed by atoms with Crippen molar-refractivity contribution in [2.45, 2.75) is 58.6 Å². The molecule has 1 rings (SSSR count). The highest BCUT2D eigenvalue weighted by atomic mass is 16.6.